The highest BCUT2D eigenvalue weighted by Crippen LogP contribution is 2.40. The minimum Gasteiger partial charge on any atom is -0.358 e. The van der Waals surface area contributed by atoms with Gasteiger partial charge in [-0.1, -0.05) is 6.07 Å². The number of carbonyl (C=O) groups excluding carboxylic acids is 2. The minimum absolute atomic E-state index is 0.0484. The number of anilines is 2. The molecular formula is C20H22N4O2. The number of fused-ring (bicyclic) bond motifs is 3. The van der Waals surface area contributed by atoms with Crippen molar-refractivity contribution in [2.45, 2.75) is 32.4 Å². The van der Waals surface area contributed by atoms with Gasteiger partial charge in [0.2, 0.25) is 5.91 Å². The van der Waals surface area contributed by atoms with Gasteiger partial charge in [-0.2, -0.15) is 0 Å². The Morgan fingerprint density at radius 1 is 1.31 bits per heavy atom. The fourth-order valence-electron chi connectivity index (χ4n) is 3.85. The van der Waals surface area contributed by atoms with Crippen LogP contribution in [0.15, 0.2) is 42.7 Å². The summed E-state index contributed by atoms with van der Waals surface area (Å²) in [4.78, 5) is 33.4. The molecule has 0 unspecified atom stereocenters. The maximum atomic E-state index is 12.8. The van der Waals surface area contributed by atoms with Crippen LogP contribution in [0.3, 0.4) is 0 Å². The third kappa shape index (κ3) is 2.81. The quantitative estimate of drug-likeness (QED) is 0.919. The Labute approximate surface area is 152 Å². The highest BCUT2D eigenvalue weighted by Gasteiger charge is 2.40. The molecule has 6 nitrogen and oxygen atoms in total. The van der Waals surface area contributed by atoms with Gasteiger partial charge in [0.15, 0.2) is 0 Å². The molecule has 1 saturated heterocycles. The highest BCUT2D eigenvalue weighted by atomic mass is 16.2. The summed E-state index contributed by atoms with van der Waals surface area (Å²) in [5.41, 5.74) is 3.41. The van der Waals surface area contributed by atoms with Crippen molar-refractivity contribution in [3.8, 4) is 0 Å². The molecule has 0 saturated carbocycles. The van der Waals surface area contributed by atoms with Crippen molar-refractivity contribution >= 4 is 23.2 Å². The molecule has 1 fully saturated rings. The van der Waals surface area contributed by atoms with E-state index in [2.05, 4.69) is 15.2 Å². The Balaban J connectivity index is 1.59. The molecule has 6 heteroatoms. The summed E-state index contributed by atoms with van der Waals surface area (Å²) in [6.07, 6.45) is 5.37. The summed E-state index contributed by atoms with van der Waals surface area (Å²) < 4.78 is 0. The fourth-order valence-corrected chi connectivity index (χ4v) is 3.85. The molecule has 1 aromatic carbocycles. The zero-order chi connectivity index (χ0) is 18.1. The number of pyridine rings is 1. The van der Waals surface area contributed by atoms with Gasteiger partial charge in [0, 0.05) is 37.6 Å². The normalized spacial score (nSPS) is 18.5. The van der Waals surface area contributed by atoms with Gasteiger partial charge in [-0.05, 0) is 49.6 Å². The zero-order valence-electron chi connectivity index (χ0n) is 14.8. The second-order valence-electron chi connectivity index (χ2n) is 6.68. The number of amides is 2. The number of nitrogens with zero attached hydrogens (tertiary/aromatic N) is 3. The van der Waals surface area contributed by atoms with E-state index >= 15 is 0 Å². The average molecular weight is 350 g/mol. The molecule has 0 spiro atoms. The van der Waals surface area contributed by atoms with Crippen molar-refractivity contribution < 1.29 is 9.59 Å². The van der Waals surface area contributed by atoms with Crippen LogP contribution in [0.1, 0.15) is 35.7 Å². The Kier molecular flexibility index (Phi) is 4.32. The average Bonchev–Trinajstić information content (AvgIpc) is 3.17. The molecule has 0 radical (unpaired) electrons. The standard InChI is InChI=1S/C20H22N4O2/c1-2-23-18-11-15(19(25)22-13-14-5-3-9-21-12-14)7-8-16(18)24-10-4-6-17(24)20(23)26/h3,5,7-9,11-12,17H,2,4,6,10,13H2,1H3,(H,22,25)/t17-/m1/s1. The first-order valence-electron chi connectivity index (χ1n) is 9.08. The summed E-state index contributed by atoms with van der Waals surface area (Å²) in [5.74, 6) is -0.00545. The zero-order valence-corrected chi connectivity index (χ0v) is 14.8. The van der Waals surface area contributed by atoms with E-state index in [1.165, 1.54) is 0 Å². The molecule has 26 heavy (non-hydrogen) atoms. The number of rotatable bonds is 4. The third-order valence-corrected chi connectivity index (χ3v) is 5.13. The first-order valence-corrected chi connectivity index (χ1v) is 9.08. The predicted octanol–water partition coefficient (Wildman–Crippen LogP) is 2.35. The summed E-state index contributed by atoms with van der Waals surface area (Å²) in [5, 5.41) is 2.92. The van der Waals surface area contributed by atoms with Crippen molar-refractivity contribution in [2.75, 3.05) is 22.9 Å². The number of hydrogen-bond donors (Lipinski definition) is 1. The van der Waals surface area contributed by atoms with Gasteiger partial charge in [0.25, 0.3) is 5.91 Å². The van der Waals surface area contributed by atoms with Crippen LogP contribution < -0.4 is 15.1 Å². The van der Waals surface area contributed by atoms with E-state index in [1.54, 1.807) is 17.3 Å². The van der Waals surface area contributed by atoms with Crippen molar-refractivity contribution in [1.29, 1.82) is 0 Å². The number of carbonyl (C=O) groups is 2. The Morgan fingerprint density at radius 2 is 2.19 bits per heavy atom. The van der Waals surface area contributed by atoms with E-state index in [-0.39, 0.29) is 17.9 Å². The van der Waals surface area contributed by atoms with Crippen LogP contribution in [-0.4, -0.2) is 35.9 Å². The monoisotopic (exact) mass is 350 g/mol. The van der Waals surface area contributed by atoms with E-state index in [9.17, 15) is 9.59 Å². The van der Waals surface area contributed by atoms with Gasteiger partial charge in [0.05, 0.1) is 11.4 Å². The largest absolute Gasteiger partial charge is 0.358 e. The first-order chi connectivity index (χ1) is 12.7. The van der Waals surface area contributed by atoms with Crippen LogP contribution in [0.2, 0.25) is 0 Å². The Bertz CT molecular complexity index is 837. The lowest BCUT2D eigenvalue weighted by atomic mass is 10.0. The van der Waals surface area contributed by atoms with Crippen molar-refractivity contribution in [1.82, 2.24) is 10.3 Å². The summed E-state index contributed by atoms with van der Waals surface area (Å²) in [7, 11) is 0. The molecule has 1 aromatic heterocycles. The summed E-state index contributed by atoms with van der Waals surface area (Å²) in [6, 6.07) is 9.37. The first kappa shape index (κ1) is 16.6. The van der Waals surface area contributed by atoms with Gasteiger partial charge in [-0.15, -0.1) is 0 Å². The van der Waals surface area contributed by atoms with E-state index in [0.717, 1.165) is 36.3 Å². The van der Waals surface area contributed by atoms with Gasteiger partial charge in [-0.25, -0.2) is 0 Å². The molecule has 2 aromatic rings. The molecule has 4 rings (SSSR count). The molecule has 0 aliphatic carbocycles. The van der Waals surface area contributed by atoms with Gasteiger partial charge in [0.1, 0.15) is 6.04 Å². The van der Waals surface area contributed by atoms with Crippen LogP contribution in [0.5, 0.6) is 0 Å². The SMILES string of the molecule is CCN1C(=O)[C@H]2CCCN2c2ccc(C(=O)NCc3cccnc3)cc21. The fraction of sp³-hybridized carbons (Fsp3) is 0.350. The maximum absolute atomic E-state index is 12.8. The molecule has 2 aliphatic heterocycles. The van der Waals surface area contributed by atoms with E-state index in [4.69, 9.17) is 0 Å². The van der Waals surface area contributed by atoms with Crippen LogP contribution in [0.25, 0.3) is 0 Å². The van der Waals surface area contributed by atoms with Crippen molar-refractivity contribution in [3.05, 3.63) is 53.9 Å². The molecule has 2 aliphatic rings. The van der Waals surface area contributed by atoms with Crippen molar-refractivity contribution in [3.63, 3.8) is 0 Å². The number of benzene rings is 1. The van der Waals surface area contributed by atoms with Gasteiger partial charge >= 0.3 is 0 Å². The topological polar surface area (TPSA) is 65.5 Å². The molecule has 134 valence electrons. The highest BCUT2D eigenvalue weighted by molar-refractivity contribution is 6.07. The number of likely N-dealkylation sites (N-methyl/N-ethyl adjacent to an activating group) is 1. The molecule has 2 amide bonds. The summed E-state index contributed by atoms with van der Waals surface area (Å²) in [6.45, 7) is 3.90. The van der Waals surface area contributed by atoms with Crippen LogP contribution in [0.4, 0.5) is 11.4 Å². The lowest BCUT2D eigenvalue weighted by molar-refractivity contribution is -0.119. The molecule has 1 N–H and O–H groups in total. The number of aromatic nitrogens is 1. The van der Waals surface area contributed by atoms with Crippen molar-refractivity contribution in [2.24, 2.45) is 0 Å². The third-order valence-electron chi connectivity index (χ3n) is 5.13. The molecule has 1 atom stereocenters. The number of hydrogen-bond acceptors (Lipinski definition) is 4. The van der Waals surface area contributed by atoms with Crippen LogP contribution in [-0.2, 0) is 11.3 Å². The molecule has 0 bridgehead atoms. The maximum Gasteiger partial charge on any atom is 0.251 e. The van der Waals surface area contributed by atoms with E-state index < -0.39 is 0 Å². The lowest BCUT2D eigenvalue weighted by Gasteiger charge is -2.39. The van der Waals surface area contributed by atoms with E-state index in [0.29, 0.717) is 18.7 Å². The second kappa shape index (κ2) is 6.78. The number of nitrogens with one attached hydrogen (secondary N) is 1. The van der Waals surface area contributed by atoms with Gasteiger partial charge in [-0.3, -0.25) is 14.6 Å². The molecular weight excluding hydrogens is 328 g/mol. The predicted molar refractivity (Wildman–Crippen MR) is 100 cm³/mol. The minimum atomic E-state index is -0.149. The lowest BCUT2D eigenvalue weighted by Crippen LogP contribution is -2.50. The second-order valence-corrected chi connectivity index (χ2v) is 6.68. The van der Waals surface area contributed by atoms with Crippen LogP contribution >= 0.6 is 0 Å². The van der Waals surface area contributed by atoms with E-state index in [1.807, 2.05) is 37.3 Å². The van der Waals surface area contributed by atoms with Gasteiger partial charge < -0.3 is 15.1 Å². The smallest absolute Gasteiger partial charge is 0.251 e. The van der Waals surface area contributed by atoms with Crippen LogP contribution in [0, 0.1) is 0 Å². The summed E-state index contributed by atoms with van der Waals surface area (Å²) >= 11 is 0. The Hall–Kier alpha value is -2.89. The molecule has 3 heterocycles. The Morgan fingerprint density at radius 3 is 2.96 bits per heavy atom.